The molecule has 5 N–H and O–H groups in total. The average molecular weight is 328 g/mol. The molecule has 0 fully saturated rings. The zero-order valence-corrected chi connectivity index (χ0v) is 12.8. The smallest absolute Gasteiger partial charge is 0.270 e. The first-order chi connectivity index (χ1) is 11.4. The minimum atomic E-state index is -0.569. The summed E-state index contributed by atoms with van der Waals surface area (Å²) in [7, 11) is 1.00. The van der Waals surface area contributed by atoms with Crippen LogP contribution in [0.1, 0.15) is 11.1 Å². The van der Waals surface area contributed by atoms with Crippen LogP contribution in [0.3, 0.4) is 0 Å². The fourth-order valence-corrected chi connectivity index (χ4v) is 1.42. The summed E-state index contributed by atoms with van der Waals surface area (Å²) < 4.78 is 0. The molecule has 7 nitrogen and oxygen atoms in total. The molecule has 0 unspecified atom stereocenters. The van der Waals surface area contributed by atoms with Gasteiger partial charge in [0.15, 0.2) is 0 Å². The van der Waals surface area contributed by atoms with Gasteiger partial charge in [-0.2, -0.15) is 0 Å². The first-order valence-corrected chi connectivity index (χ1v) is 6.33. The van der Waals surface area contributed by atoms with Gasteiger partial charge in [-0.25, -0.2) is 0 Å². The van der Waals surface area contributed by atoms with Crippen molar-refractivity contribution in [3.8, 4) is 36.2 Å². The van der Waals surface area contributed by atoms with Gasteiger partial charge in [-0.15, -0.1) is 12.8 Å². The van der Waals surface area contributed by atoms with Gasteiger partial charge >= 0.3 is 0 Å². The van der Waals surface area contributed by atoms with Crippen LogP contribution in [-0.4, -0.2) is 27.4 Å². The van der Waals surface area contributed by atoms with Gasteiger partial charge in [0.25, 0.3) is 5.69 Å². The number of nitrogens with zero attached hydrogens (tertiary/aromatic N) is 1. The lowest BCUT2D eigenvalue weighted by molar-refractivity contribution is -0.384. The van der Waals surface area contributed by atoms with Crippen LogP contribution < -0.4 is 5.73 Å². The molecule has 0 atom stereocenters. The Bertz CT molecular complexity index is 789. The SMILES string of the molecule is C#Cc1cc(N)ccc1O.C#Cc1cc([N+](=O)[O-])ccc1O.CO. The van der Waals surface area contributed by atoms with E-state index in [1.807, 2.05) is 0 Å². The highest BCUT2D eigenvalue weighted by atomic mass is 16.6. The van der Waals surface area contributed by atoms with Crippen LogP contribution in [0, 0.1) is 34.8 Å². The normalized spacial score (nSPS) is 8.33. The number of rotatable bonds is 1. The van der Waals surface area contributed by atoms with Crippen molar-refractivity contribution in [3.63, 3.8) is 0 Å². The molecule has 2 aromatic rings. The molecular formula is C17H16N2O5. The maximum atomic E-state index is 10.2. The van der Waals surface area contributed by atoms with Gasteiger partial charge in [-0.1, -0.05) is 11.8 Å². The number of phenolic OH excluding ortho intramolecular Hbond substituents is 2. The lowest BCUT2D eigenvalue weighted by atomic mass is 10.2. The first-order valence-electron chi connectivity index (χ1n) is 6.33. The highest BCUT2D eigenvalue weighted by Gasteiger charge is 2.07. The van der Waals surface area contributed by atoms with Crippen LogP contribution in [0.2, 0.25) is 0 Å². The molecule has 0 radical (unpaired) electrons. The average Bonchev–Trinajstić information content (AvgIpc) is 2.59. The standard InChI is InChI=1S/C8H5NO3.C8H7NO.CH4O/c1-2-6-5-7(9(11)12)3-4-8(6)10;1-2-6-5-7(9)3-4-8(6)10;1-2/h1,3-5,10H;1,3-5,10H,9H2;2H,1H3. The minimum absolute atomic E-state index is 0.0942. The second kappa shape index (κ2) is 10.1. The predicted molar refractivity (Wildman–Crippen MR) is 91.3 cm³/mol. The van der Waals surface area contributed by atoms with Crippen LogP contribution in [0.15, 0.2) is 36.4 Å². The fourth-order valence-electron chi connectivity index (χ4n) is 1.42. The number of nitrogens with two attached hydrogens (primary N) is 1. The monoisotopic (exact) mass is 328 g/mol. The molecule has 0 saturated carbocycles. The molecule has 0 aliphatic rings. The van der Waals surface area contributed by atoms with E-state index in [-0.39, 0.29) is 22.7 Å². The molecule has 0 amide bonds. The number of non-ortho nitro benzene ring substituents is 1. The van der Waals surface area contributed by atoms with Crippen molar-refractivity contribution < 1.29 is 20.2 Å². The van der Waals surface area contributed by atoms with Gasteiger partial charge in [-0.05, 0) is 24.3 Å². The highest BCUT2D eigenvalue weighted by molar-refractivity contribution is 5.53. The third-order valence-corrected chi connectivity index (χ3v) is 2.52. The van der Waals surface area contributed by atoms with E-state index < -0.39 is 4.92 Å². The lowest BCUT2D eigenvalue weighted by Crippen LogP contribution is -1.88. The topological polar surface area (TPSA) is 130 Å². The van der Waals surface area contributed by atoms with Crippen LogP contribution in [0.25, 0.3) is 0 Å². The van der Waals surface area contributed by atoms with E-state index >= 15 is 0 Å². The molecule has 0 aromatic heterocycles. The van der Waals surface area contributed by atoms with Crippen molar-refractivity contribution in [2.45, 2.75) is 0 Å². The number of terminal acetylenes is 2. The molecule has 0 bridgehead atoms. The summed E-state index contributed by atoms with van der Waals surface area (Å²) >= 11 is 0. The zero-order valence-electron chi connectivity index (χ0n) is 12.8. The van der Waals surface area contributed by atoms with Gasteiger partial charge in [-0.3, -0.25) is 10.1 Å². The molecule has 0 aliphatic carbocycles. The Kier molecular flexibility index (Phi) is 8.56. The van der Waals surface area contributed by atoms with Crippen molar-refractivity contribution in [2.75, 3.05) is 12.8 Å². The van der Waals surface area contributed by atoms with E-state index in [0.717, 1.165) is 13.2 Å². The summed E-state index contributed by atoms with van der Waals surface area (Å²) in [5, 5.41) is 35.3. The second-order valence-corrected chi connectivity index (χ2v) is 4.02. The second-order valence-electron chi connectivity index (χ2n) is 4.02. The number of nitrogen functional groups attached to an aromatic ring is 1. The summed E-state index contributed by atoms with van der Waals surface area (Å²) in [6, 6.07) is 8.16. The van der Waals surface area contributed by atoms with Crippen molar-refractivity contribution in [3.05, 3.63) is 57.6 Å². The Balaban J connectivity index is 0.000000405. The van der Waals surface area contributed by atoms with Gasteiger partial charge in [0.2, 0.25) is 0 Å². The summed E-state index contributed by atoms with van der Waals surface area (Å²) in [4.78, 5) is 9.67. The van der Waals surface area contributed by atoms with E-state index in [9.17, 15) is 10.1 Å². The number of hydrogen-bond donors (Lipinski definition) is 4. The van der Waals surface area contributed by atoms with Gasteiger partial charge in [0.05, 0.1) is 16.1 Å². The van der Waals surface area contributed by atoms with E-state index in [2.05, 4.69) is 11.8 Å². The number of aliphatic hydroxyl groups excluding tert-OH is 1. The number of anilines is 1. The van der Waals surface area contributed by atoms with Gasteiger partial charge in [0, 0.05) is 24.9 Å². The molecule has 7 heteroatoms. The molecule has 2 aromatic carbocycles. The summed E-state index contributed by atoms with van der Waals surface area (Å²) in [5.41, 5.74) is 6.39. The fraction of sp³-hybridized carbons (Fsp3) is 0.0588. The Morgan fingerprint density at radius 1 is 1.00 bits per heavy atom. The quantitative estimate of drug-likeness (QED) is 0.208. The maximum absolute atomic E-state index is 10.2. The number of hydrogen-bond acceptors (Lipinski definition) is 6. The molecule has 0 spiro atoms. The molecule has 124 valence electrons. The summed E-state index contributed by atoms with van der Waals surface area (Å²) in [5.74, 6) is 4.41. The number of nitro benzene ring substituents is 1. The number of benzene rings is 2. The van der Waals surface area contributed by atoms with Crippen molar-refractivity contribution in [1.82, 2.24) is 0 Å². The van der Waals surface area contributed by atoms with E-state index in [0.29, 0.717) is 11.3 Å². The Morgan fingerprint density at radius 2 is 1.46 bits per heavy atom. The Labute approximate surface area is 139 Å². The van der Waals surface area contributed by atoms with Gasteiger partial charge < -0.3 is 21.1 Å². The summed E-state index contributed by atoms with van der Waals surface area (Å²) in [6.07, 6.45) is 10.0. The predicted octanol–water partition coefficient (Wildman–Crippen LogP) is 1.85. The molecule has 2 rings (SSSR count). The molecule has 0 aliphatic heterocycles. The maximum Gasteiger partial charge on any atom is 0.270 e. The number of aliphatic hydroxyl groups is 1. The zero-order chi connectivity index (χ0) is 18.7. The third kappa shape index (κ3) is 5.98. The van der Waals surface area contributed by atoms with Crippen molar-refractivity contribution in [2.24, 2.45) is 0 Å². The van der Waals surface area contributed by atoms with E-state index in [1.54, 1.807) is 12.1 Å². The third-order valence-electron chi connectivity index (χ3n) is 2.52. The van der Waals surface area contributed by atoms with Crippen LogP contribution >= 0.6 is 0 Å². The Hall–Kier alpha value is -3.68. The molecule has 0 saturated heterocycles. The minimum Gasteiger partial charge on any atom is -0.507 e. The van der Waals surface area contributed by atoms with Crippen LogP contribution in [-0.2, 0) is 0 Å². The molecule has 0 heterocycles. The van der Waals surface area contributed by atoms with Crippen LogP contribution in [0.5, 0.6) is 11.5 Å². The van der Waals surface area contributed by atoms with Crippen LogP contribution in [0.4, 0.5) is 11.4 Å². The highest BCUT2D eigenvalue weighted by Crippen LogP contribution is 2.21. The van der Waals surface area contributed by atoms with Gasteiger partial charge in [0.1, 0.15) is 11.5 Å². The molecular weight excluding hydrogens is 312 g/mol. The lowest BCUT2D eigenvalue weighted by Gasteiger charge is -1.96. The number of phenols is 2. The van der Waals surface area contributed by atoms with Crippen molar-refractivity contribution >= 4 is 11.4 Å². The van der Waals surface area contributed by atoms with E-state index in [1.165, 1.54) is 18.2 Å². The molecule has 24 heavy (non-hydrogen) atoms. The number of nitro groups is 1. The summed E-state index contributed by atoms with van der Waals surface area (Å²) in [6.45, 7) is 0. The first kappa shape index (κ1) is 20.3. The van der Waals surface area contributed by atoms with E-state index in [4.69, 9.17) is 33.9 Å². The number of aromatic hydroxyl groups is 2. The largest absolute Gasteiger partial charge is 0.507 e. The Morgan fingerprint density at radius 3 is 1.88 bits per heavy atom. The van der Waals surface area contributed by atoms with Crippen molar-refractivity contribution in [1.29, 1.82) is 0 Å².